The summed E-state index contributed by atoms with van der Waals surface area (Å²) in [6.45, 7) is 4.46. The summed E-state index contributed by atoms with van der Waals surface area (Å²) in [6.07, 6.45) is 1.91. The topological polar surface area (TPSA) is 139 Å². The van der Waals surface area contributed by atoms with Crippen molar-refractivity contribution in [2.45, 2.75) is 55.1 Å². The molecule has 3 aromatic rings. The van der Waals surface area contributed by atoms with Gasteiger partial charge < -0.3 is 30.3 Å². The molecule has 5 rings (SSSR count). The van der Waals surface area contributed by atoms with Crippen molar-refractivity contribution in [1.82, 2.24) is 20.3 Å². The Labute approximate surface area is 224 Å². The van der Waals surface area contributed by atoms with Crippen LogP contribution >= 0.6 is 11.8 Å². The molecule has 0 spiro atoms. The summed E-state index contributed by atoms with van der Waals surface area (Å²) in [5.41, 5.74) is 3.84. The van der Waals surface area contributed by atoms with Gasteiger partial charge in [0, 0.05) is 36.8 Å². The third-order valence-corrected chi connectivity index (χ3v) is 7.87. The van der Waals surface area contributed by atoms with Gasteiger partial charge in [0.2, 0.25) is 11.8 Å². The number of carbonyl (C=O) groups is 1. The number of pyridine rings is 3. The average Bonchev–Trinajstić information content (AvgIpc) is 2.95. The lowest BCUT2D eigenvalue weighted by atomic mass is 9.89. The van der Waals surface area contributed by atoms with Crippen molar-refractivity contribution < 1.29 is 24.5 Å². The number of fused-ring (bicyclic) bond motifs is 2. The molecule has 0 aliphatic carbocycles. The summed E-state index contributed by atoms with van der Waals surface area (Å²) in [6, 6.07) is 9.34. The van der Waals surface area contributed by atoms with E-state index >= 15 is 0 Å². The van der Waals surface area contributed by atoms with E-state index < -0.39 is 6.10 Å². The van der Waals surface area contributed by atoms with Crippen LogP contribution in [0.1, 0.15) is 30.5 Å². The highest BCUT2D eigenvalue weighted by molar-refractivity contribution is 8.00. The molecule has 11 heteroatoms. The van der Waals surface area contributed by atoms with Gasteiger partial charge in [-0.2, -0.15) is 0 Å². The highest BCUT2D eigenvalue weighted by atomic mass is 32.2. The number of nitrogens with one attached hydrogen (secondary N) is 2. The molecule has 38 heavy (non-hydrogen) atoms. The van der Waals surface area contributed by atoms with Gasteiger partial charge in [-0.15, -0.1) is 11.8 Å². The molecule has 0 aromatic carbocycles. The molecule has 2 aliphatic rings. The Bertz CT molecular complexity index is 1340. The van der Waals surface area contributed by atoms with Gasteiger partial charge in [-0.25, -0.2) is 9.97 Å². The molecule has 200 valence electrons. The Kier molecular flexibility index (Phi) is 8.20. The average molecular weight is 538 g/mol. The number of aliphatic hydroxyl groups excluding tert-OH is 2. The van der Waals surface area contributed by atoms with E-state index in [0.717, 1.165) is 33.7 Å². The van der Waals surface area contributed by atoms with Crippen LogP contribution in [-0.4, -0.2) is 74.9 Å². The third kappa shape index (κ3) is 5.82. The number of methoxy groups -OCH3 is 1. The Morgan fingerprint density at radius 2 is 2.16 bits per heavy atom. The minimum Gasteiger partial charge on any atom is -0.481 e. The zero-order valence-corrected chi connectivity index (χ0v) is 21.9. The minimum atomic E-state index is -0.905. The van der Waals surface area contributed by atoms with Gasteiger partial charge in [-0.1, -0.05) is 6.58 Å². The second-order valence-corrected chi connectivity index (χ2v) is 10.4. The Balaban J connectivity index is 1.31. The molecular formula is C27H31N5O5S. The highest BCUT2D eigenvalue weighted by Crippen LogP contribution is 2.34. The standard InChI is InChI=1S/C27H31N5O5S/c1-15(18-9-10-28-20-5-8-25(36-2)32-26(18)20)21-6-4-19(22(37-21)11-17(34)13-33)29-12-16-3-7-23-27(30-16)31-24(35)14-38-23/h3,5,7-10,17,19,21-22,29,33-34H,1,4,6,11-14H2,2H3,(H,30,31,35)/t17-,19?,21?,22?/m1/s1. The number of hydrogen-bond acceptors (Lipinski definition) is 10. The largest absolute Gasteiger partial charge is 0.481 e. The molecule has 0 radical (unpaired) electrons. The number of amides is 1. The van der Waals surface area contributed by atoms with Crippen LogP contribution < -0.4 is 15.4 Å². The van der Waals surface area contributed by atoms with Crippen molar-refractivity contribution in [2.75, 3.05) is 24.8 Å². The molecule has 3 aromatic heterocycles. The third-order valence-electron chi connectivity index (χ3n) is 6.82. The van der Waals surface area contributed by atoms with Crippen LogP contribution in [-0.2, 0) is 16.1 Å². The normalized spacial score (nSPS) is 22.0. The SMILES string of the molecule is C=C(c1ccnc2ccc(OC)nc12)C1CCC(NCc2ccc3c(n2)NC(=O)CS3)C(C[C@@H](O)CO)O1. The first-order valence-electron chi connectivity index (χ1n) is 12.5. The van der Waals surface area contributed by atoms with Crippen molar-refractivity contribution in [1.29, 1.82) is 0 Å². The number of nitrogens with zero attached hydrogens (tertiary/aromatic N) is 3. The molecule has 3 unspecified atom stereocenters. The van der Waals surface area contributed by atoms with Gasteiger partial charge in [-0.05, 0) is 42.7 Å². The molecule has 4 atom stereocenters. The van der Waals surface area contributed by atoms with Crippen LogP contribution in [0.4, 0.5) is 5.82 Å². The molecule has 5 heterocycles. The second kappa shape index (κ2) is 11.7. The molecule has 1 amide bonds. The zero-order chi connectivity index (χ0) is 26.6. The quantitative estimate of drug-likeness (QED) is 0.322. The van der Waals surface area contributed by atoms with Gasteiger partial charge in [0.1, 0.15) is 11.3 Å². The van der Waals surface area contributed by atoms with Crippen molar-refractivity contribution >= 4 is 40.1 Å². The number of anilines is 1. The number of thioether (sulfide) groups is 1. The maximum atomic E-state index is 11.7. The van der Waals surface area contributed by atoms with Crippen LogP contribution in [0, 0.1) is 0 Å². The number of hydrogen-bond donors (Lipinski definition) is 4. The van der Waals surface area contributed by atoms with Crippen molar-refractivity contribution in [3.05, 3.63) is 54.4 Å². The zero-order valence-electron chi connectivity index (χ0n) is 21.1. The number of ether oxygens (including phenoxy) is 2. The van der Waals surface area contributed by atoms with Gasteiger partial charge >= 0.3 is 0 Å². The maximum absolute atomic E-state index is 11.7. The second-order valence-electron chi connectivity index (χ2n) is 9.39. The summed E-state index contributed by atoms with van der Waals surface area (Å²) < 4.78 is 11.8. The van der Waals surface area contributed by atoms with E-state index in [9.17, 15) is 15.0 Å². The summed E-state index contributed by atoms with van der Waals surface area (Å²) in [5.74, 6) is 1.42. The predicted molar refractivity (Wildman–Crippen MR) is 145 cm³/mol. The van der Waals surface area contributed by atoms with E-state index in [1.54, 1.807) is 19.4 Å². The van der Waals surface area contributed by atoms with Crippen LogP contribution in [0.25, 0.3) is 16.6 Å². The molecule has 0 saturated carbocycles. The smallest absolute Gasteiger partial charge is 0.235 e. The first-order valence-corrected chi connectivity index (χ1v) is 13.5. The van der Waals surface area contributed by atoms with Crippen molar-refractivity contribution in [3.8, 4) is 5.88 Å². The fraction of sp³-hybridized carbons (Fsp3) is 0.407. The molecule has 10 nitrogen and oxygen atoms in total. The van der Waals surface area contributed by atoms with Gasteiger partial charge in [0.25, 0.3) is 0 Å². The van der Waals surface area contributed by atoms with Crippen molar-refractivity contribution in [2.24, 2.45) is 0 Å². The lowest BCUT2D eigenvalue weighted by molar-refractivity contribution is -0.113. The summed E-state index contributed by atoms with van der Waals surface area (Å²) in [5, 5.41) is 26.1. The molecule has 1 saturated heterocycles. The fourth-order valence-corrected chi connectivity index (χ4v) is 5.59. The fourth-order valence-electron chi connectivity index (χ4n) is 4.84. The van der Waals surface area contributed by atoms with E-state index in [1.807, 2.05) is 24.3 Å². The number of aliphatic hydroxyl groups is 2. The Morgan fingerprint density at radius 3 is 2.97 bits per heavy atom. The highest BCUT2D eigenvalue weighted by Gasteiger charge is 2.34. The number of carbonyl (C=O) groups excluding carboxylic acids is 1. The number of rotatable bonds is 9. The van der Waals surface area contributed by atoms with Crippen LogP contribution in [0.5, 0.6) is 5.88 Å². The van der Waals surface area contributed by atoms with Crippen LogP contribution in [0.15, 0.2) is 48.0 Å². The first kappa shape index (κ1) is 26.5. The summed E-state index contributed by atoms with van der Waals surface area (Å²) in [4.78, 5) is 26.3. The maximum Gasteiger partial charge on any atom is 0.235 e. The van der Waals surface area contributed by atoms with Crippen molar-refractivity contribution in [3.63, 3.8) is 0 Å². The van der Waals surface area contributed by atoms with E-state index in [0.29, 0.717) is 35.9 Å². The van der Waals surface area contributed by atoms with Gasteiger partial charge in [0.05, 0.1) is 53.9 Å². The van der Waals surface area contributed by atoms with Crippen LogP contribution in [0.3, 0.4) is 0 Å². The lowest BCUT2D eigenvalue weighted by Crippen LogP contribution is -2.48. The molecular weight excluding hydrogens is 506 g/mol. The summed E-state index contributed by atoms with van der Waals surface area (Å²) in [7, 11) is 1.57. The predicted octanol–water partition coefficient (Wildman–Crippen LogP) is 2.54. The monoisotopic (exact) mass is 537 g/mol. The van der Waals surface area contributed by atoms with Crippen LogP contribution in [0.2, 0.25) is 0 Å². The Hall–Kier alpha value is -3.09. The first-order chi connectivity index (χ1) is 18.4. The molecule has 2 aliphatic heterocycles. The number of aromatic nitrogens is 3. The molecule has 4 N–H and O–H groups in total. The molecule has 0 bridgehead atoms. The van der Waals surface area contributed by atoms with E-state index in [2.05, 4.69) is 32.2 Å². The van der Waals surface area contributed by atoms with E-state index in [4.69, 9.17) is 9.47 Å². The summed E-state index contributed by atoms with van der Waals surface area (Å²) >= 11 is 1.47. The van der Waals surface area contributed by atoms with E-state index in [1.165, 1.54) is 11.8 Å². The van der Waals surface area contributed by atoms with Gasteiger partial charge in [0.15, 0.2) is 0 Å². The Morgan fingerprint density at radius 1 is 1.29 bits per heavy atom. The van der Waals surface area contributed by atoms with E-state index in [-0.39, 0.29) is 37.2 Å². The molecule has 1 fully saturated rings. The van der Waals surface area contributed by atoms with Gasteiger partial charge in [-0.3, -0.25) is 9.78 Å². The minimum absolute atomic E-state index is 0.0549. The lowest BCUT2D eigenvalue weighted by Gasteiger charge is -2.39.